The maximum absolute atomic E-state index is 13.9. The summed E-state index contributed by atoms with van der Waals surface area (Å²) in [7, 11) is 0. The first-order valence-corrected chi connectivity index (χ1v) is 13.1. The maximum Gasteiger partial charge on any atom is 0.460 e. The van der Waals surface area contributed by atoms with Gasteiger partial charge < -0.3 is 9.47 Å². The van der Waals surface area contributed by atoms with E-state index in [1.54, 1.807) is 24.3 Å². The van der Waals surface area contributed by atoms with Crippen LogP contribution in [-0.2, 0) is 4.74 Å². The van der Waals surface area contributed by atoms with Crippen LogP contribution in [0.3, 0.4) is 0 Å². The minimum absolute atomic E-state index is 0.452. The number of carbonyl (C=O) groups excluding carboxylic acids is 1. The van der Waals surface area contributed by atoms with Gasteiger partial charge in [-0.3, -0.25) is 0 Å². The number of hydrogen-bond acceptors (Lipinski definition) is 3. The quantitative estimate of drug-likeness (QED) is 0.102. The van der Waals surface area contributed by atoms with Crippen LogP contribution in [0.15, 0.2) is 48.5 Å². The summed E-state index contributed by atoms with van der Waals surface area (Å²) in [4.78, 5) is 12.0. The van der Waals surface area contributed by atoms with E-state index >= 15 is 0 Å². The average Bonchev–Trinajstić information content (AvgIpc) is 2.95. The topological polar surface area (TPSA) is 35.5 Å². The lowest BCUT2D eigenvalue weighted by Crippen LogP contribution is -2.70. The largest absolute Gasteiger partial charge is 0.494 e. The van der Waals surface area contributed by atoms with Crippen LogP contribution in [0.5, 0.6) is 5.75 Å². The Kier molecular flexibility index (Phi) is 11.6. The third kappa shape index (κ3) is 7.71. The SMILES string of the molecule is CCCCCCCCOc1ccc(-c2ccc(C(=O)OCC(F)(F)C(F)(F)C(F)(F)C(F)(F)C(F)(F)C(F)(F)F)cc2)cc1. The van der Waals surface area contributed by atoms with Crippen molar-refractivity contribution >= 4 is 5.97 Å². The number of unbranched alkanes of at least 4 members (excludes halogenated alkanes) is 5. The summed E-state index contributed by atoms with van der Waals surface area (Å²) in [5.41, 5.74) is 0.433. The summed E-state index contributed by atoms with van der Waals surface area (Å²) in [5, 5.41) is 0. The molecule has 0 aliphatic heterocycles. The summed E-state index contributed by atoms with van der Waals surface area (Å²) in [5.74, 6) is -39.1. The predicted molar refractivity (Wildman–Crippen MR) is 132 cm³/mol. The Balaban J connectivity index is 2.03. The zero-order valence-corrected chi connectivity index (χ0v) is 22.9. The number of benzene rings is 2. The van der Waals surface area contributed by atoms with Crippen LogP contribution in [0, 0.1) is 0 Å². The molecule has 0 aromatic heterocycles. The van der Waals surface area contributed by atoms with E-state index in [-0.39, 0.29) is 0 Å². The third-order valence-corrected chi connectivity index (χ3v) is 6.46. The van der Waals surface area contributed by atoms with Crippen molar-refractivity contribution in [2.45, 2.75) is 81.2 Å². The van der Waals surface area contributed by atoms with E-state index in [0.29, 0.717) is 23.5 Å². The molecule has 248 valence electrons. The summed E-state index contributed by atoms with van der Waals surface area (Å²) >= 11 is 0. The van der Waals surface area contributed by atoms with Crippen molar-refractivity contribution in [1.29, 1.82) is 0 Å². The highest BCUT2D eigenvalue weighted by Gasteiger charge is 2.90. The number of esters is 1. The zero-order valence-electron chi connectivity index (χ0n) is 22.9. The summed E-state index contributed by atoms with van der Waals surface area (Å²) in [6, 6.07) is 11.0. The van der Waals surface area contributed by atoms with Gasteiger partial charge >= 0.3 is 41.8 Å². The molecule has 0 bridgehead atoms. The Hall–Kier alpha value is -3.20. The van der Waals surface area contributed by atoms with Gasteiger partial charge in [0.05, 0.1) is 12.2 Å². The van der Waals surface area contributed by atoms with Crippen LogP contribution in [-0.4, -0.2) is 55.0 Å². The first kappa shape index (κ1) is 37.0. The van der Waals surface area contributed by atoms with E-state index in [4.69, 9.17) is 4.74 Å². The third-order valence-electron chi connectivity index (χ3n) is 6.46. The van der Waals surface area contributed by atoms with E-state index in [1.165, 1.54) is 18.6 Å². The van der Waals surface area contributed by atoms with E-state index < -0.39 is 53.9 Å². The Morgan fingerprint density at radius 3 is 1.55 bits per heavy atom. The molecule has 0 fully saturated rings. The van der Waals surface area contributed by atoms with E-state index in [9.17, 15) is 61.9 Å². The van der Waals surface area contributed by atoms with Gasteiger partial charge in [-0.05, 0) is 41.8 Å². The van der Waals surface area contributed by atoms with Gasteiger partial charge in [0, 0.05) is 0 Å². The second kappa shape index (κ2) is 13.8. The average molecular weight is 658 g/mol. The number of ether oxygens (including phenoxy) is 2. The van der Waals surface area contributed by atoms with Crippen LogP contribution in [0.1, 0.15) is 55.8 Å². The van der Waals surface area contributed by atoms with Gasteiger partial charge in [-0.1, -0.05) is 63.3 Å². The highest BCUT2D eigenvalue weighted by molar-refractivity contribution is 5.90. The highest BCUT2D eigenvalue weighted by atomic mass is 19.4. The minimum atomic E-state index is -8.02. The van der Waals surface area contributed by atoms with Crippen LogP contribution in [0.4, 0.5) is 57.1 Å². The molecule has 0 amide bonds. The fraction of sp³-hybridized carbons (Fsp3) is 0.536. The van der Waals surface area contributed by atoms with Crippen molar-refractivity contribution in [3.05, 3.63) is 54.1 Å². The molecule has 0 saturated heterocycles. The number of hydrogen-bond donors (Lipinski definition) is 0. The Bertz CT molecular complexity index is 1210. The lowest BCUT2D eigenvalue weighted by atomic mass is 9.94. The molecule has 2 rings (SSSR count). The fourth-order valence-electron chi connectivity index (χ4n) is 3.75. The molecule has 44 heavy (non-hydrogen) atoms. The maximum atomic E-state index is 13.9. The first-order chi connectivity index (χ1) is 20.1. The van der Waals surface area contributed by atoms with Gasteiger partial charge in [-0.25, -0.2) is 4.79 Å². The van der Waals surface area contributed by atoms with Gasteiger partial charge in [0.1, 0.15) is 5.75 Å². The predicted octanol–water partition coefficient (Wildman–Crippen LogP) is 9.99. The molecule has 3 nitrogen and oxygen atoms in total. The van der Waals surface area contributed by atoms with Crippen LogP contribution in [0.25, 0.3) is 11.1 Å². The summed E-state index contributed by atoms with van der Waals surface area (Å²) in [6.45, 7) is -0.442. The van der Waals surface area contributed by atoms with Crippen molar-refractivity contribution in [2.24, 2.45) is 0 Å². The van der Waals surface area contributed by atoms with E-state index in [2.05, 4.69) is 11.7 Å². The molecule has 0 heterocycles. The molecule has 0 spiro atoms. The van der Waals surface area contributed by atoms with E-state index in [1.807, 2.05) is 0 Å². The molecule has 0 unspecified atom stereocenters. The zero-order chi connectivity index (χ0) is 33.6. The Morgan fingerprint density at radius 2 is 1.05 bits per heavy atom. The highest BCUT2D eigenvalue weighted by Crippen LogP contribution is 2.60. The molecule has 0 radical (unpaired) electrons. The van der Waals surface area contributed by atoms with E-state index in [0.717, 1.165) is 44.2 Å². The second-order valence-corrected chi connectivity index (χ2v) is 9.79. The Morgan fingerprint density at radius 1 is 0.591 bits per heavy atom. The molecule has 2 aromatic carbocycles. The number of carbonyl (C=O) groups is 1. The molecule has 0 N–H and O–H groups in total. The first-order valence-electron chi connectivity index (χ1n) is 13.1. The molecule has 2 aromatic rings. The van der Waals surface area contributed by atoms with Gasteiger partial charge in [0.25, 0.3) is 0 Å². The van der Waals surface area contributed by atoms with Crippen molar-refractivity contribution < 1.29 is 71.3 Å². The second-order valence-electron chi connectivity index (χ2n) is 9.79. The van der Waals surface area contributed by atoms with Gasteiger partial charge in [-0.15, -0.1) is 0 Å². The fourth-order valence-corrected chi connectivity index (χ4v) is 3.75. The van der Waals surface area contributed by atoms with Crippen molar-refractivity contribution in [3.8, 4) is 16.9 Å². The molecule has 0 aliphatic carbocycles. The lowest BCUT2D eigenvalue weighted by Gasteiger charge is -2.39. The van der Waals surface area contributed by atoms with Crippen LogP contribution >= 0.6 is 0 Å². The normalized spacial score (nSPS) is 13.6. The monoisotopic (exact) mass is 658 g/mol. The van der Waals surface area contributed by atoms with Crippen LogP contribution in [0.2, 0.25) is 0 Å². The standard InChI is InChI=1S/C28H27F13O3/c1-2-3-4-5-6-7-16-43-21-14-12-19(13-15-21)18-8-10-20(11-9-18)22(42)44-17-23(29,30)24(31,32)25(33,34)26(35,36)27(37,38)28(39,40)41/h8-15H,2-7,16-17H2,1H3. The van der Waals surface area contributed by atoms with Gasteiger partial charge in [0.2, 0.25) is 0 Å². The molecule has 16 heteroatoms. The lowest BCUT2D eigenvalue weighted by molar-refractivity contribution is -0.440. The molecular formula is C28H27F13O3. The number of alkyl halides is 13. The summed E-state index contributed by atoms with van der Waals surface area (Å²) < 4.78 is 181. The molecule has 0 aliphatic rings. The van der Waals surface area contributed by atoms with Crippen molar-refractivity contribution in [2.75, 3.05) is 13.2 Å². The van der Waals surface area contributed by atoms with Crippen molar-refractivity contribution in [3.63, 3.8) is 0 Å². The van der Waals surface area contributed by atoms with Crippen molar-refractivity contribution in [1.82, 2.24) is 0 Å². The summed E-state index contributed by atoms with van der Waals surface area (Å²) in [6.07, 6.45) is -1.04. The number of rotatable bonds is 16. The van der Waals surface area contributed by atoms with Crippen LogP contribution < -0.4 is 4.74 Å². The Labute approximate surface area is 243 Å². The molecular weight excluding hydrogens is 631 g/mol. The smallest absolute Gasteiger partial charge is 0.460 e. The minimum Gasteiger partial charge on any atom is -0.494 e. The number of halogens is 13. The van der Waals surface area contributed by atoms with Gasteiger partial charge in [0.15, 0.2) is 6.61 Å². The molecule has 0 atom stereocenters. The molecule has 0 saturated carbocycles. The van der Waals surface area contributed by atoms with Gasteiger partial charge in [-0.2, -0.15) is 57.1 Å².